The molecule has 0 aliphatic carbocycles. The van der Waals surface area contributed by atoms with Gasteiger partial charge in [0.1, 0.15) is 11.5 Å². The van der Waals surface area contributed by atoms with Crippen molar-refractivity contribution >= 4 is 17.3 Å². The minimum absolute atomic E-state index is 0.141. The zero-order valence-electron chi connectivity index (χ0n) is 15.4. The summed E-state index contributed by atoms with van der Waals surface area (Å²) in [6, 6.07) is 24.2. The van der Waals surface area contributed by atoms with E-state index >= 15 is 0 Å². The molecule has 2 atom stereocenters. The van der Waals surface area contributed by atoms with Crippen LogP contribution in [0.3, 0.4) is 0 Å². The third-order valence-corrected chi connectivity index (χ3v) is 5.53. The van der Waals surface area contributed by atoms with E-state index in [1.165, 1.54) is 5.56 Å². The molecule has 0 amide bonds. The topological polar surface area (TPSA) is 34.1 Å². The van der Waals surface area contributed by atoms with Crippen molar-refractivity contribution in [2.24, 2.45) is 5.10 Å². The van der Waals surface area contributed by atoms with Crippen LogP contribution in [-0.4, -0.2) is 17.8 Å². The Bertz CT molecular complexity index is 1030. The standard InChI is InChI=1S/C23H19ClN2O2/c1-27-18-12-8-16(9-13-18)23-26-21(19-4-2-3-5-22(19)28-23)14-20(25-26)15-6-10-17(24)11-7-15/h2-13,21,23H,14H2,1H3. The molecule has 0 N–H and O–H groups in total. The lowest BCUT2D eigenvalue weighted by molar-refractivity contribution is -0.0190. The molecule has 0 aromatic heterocycles. The first-order valence-electron chi connectivity index (χ1n) is 9.24. The van der Waals surface area contributed by atoms with E-state index in [1.54, 1.807) is 7.11 Å². The molecule has 28 heavy (non-hydrogen) atoms. The summed E-state index contributed by atoms with van der Waals surface area (Å²) >= 11 is 6.05. The number of rotatable bonds is 3. The van der Waals surface area contributed by atoms with E-state index in [1.807, 2.05) is 66.7 Å². The van der Waals surface area contributed by atoms with Gasteiger partial charge in [-0.1, -0.05) is 41.9 Å². The van der Waals surface area contributed by atoms with Crippen molar-refractivity contribution < 1.29 is 9.47 Å². The summed E-state index contributed by atoms with van der Waals surface area (Å²) in [5, 5.41) is 7.76. The maximum Gasteiger partial charge on any atom is 0.213 e. The van der Waals surface area contributed by atoms with Gasteiger partial charge in [0.15, 0.2) is 0 Å². The molecular weight excluding hydrogens is 372 g/mol. The molecule has 4 nitrogen and oxygen atoms in total. The van der Waals surface area contributed by atoms with Crippen molar-refractivity contribution in [2.45, 2.75) is 18.7 Å². The largest absolute Gasteiger partial charge is 0.497 e. The van der Waals surface area contributed by atoms with Crippen LogP contribution in [0.25, 0.3) is 0 Å². The second kappa shape index (κ2) is 6.88. The Labute approximate surface area is 169 Å². The maximum absolute atomic E-state index is 6.37. The Morgan fingerprint density at radius 1 is 1.00 bits per heavy atom. The molecule has 140 valence electrons. The lowest BCUT2D eigenvalue weighted by Crippen LogP contribution is -2.33. The number of fused-ring (bicyclic) bond motifs is 3. The third-order valence-electron chi connectivity index (χ3n) is 5.28. The number of methoxy groups -OCH3 is 1. The molecule has 5 heteroatoms. The van der Waals surface area contributed by atoms with Gasteiger partial charge in [-0.2, -0.15) is 5.10 Å². The summed E-state index contributed by atoms with van der Waals surface area (Å²) in [6.45, 7) is 0. The van der Waals surface area contributed by atoms with Crippen LogP contribution >= 0.6 is 11.6 Å². The van der Waals surface area contributed by atoms with Gasteiger partial charge in [-0.05, 0) is 48.0 Å². The average Bonchev–Trinajstić information content (AvgIpc) is 3.19. The van der Waals surface area contributed by atoms with Crippen molar-refractivity contribution in [1.29, 1.82) is 0 Å². The highest BCUT2D eigenvalue weighted by Gasteiger charge is 2.40. The Morgan fingerprint density at radius 2 is 1.75 bits per heavy atom. The number of halogens is 1. The number of hydrogen-bond donors (Lipinski definition) is 0. The van der Waals surface area contributed by atoms with Crippen molar-refractivity contribution in [3.05, 3.63) is 94.5 Å². The lowest BCUT2D eigenvalue weighted by Gasteiger charge is -2.38. The van der Waals surface area contributed by atoms with E-state index in [4.69, 9.17) is 26.2 Å². The molecular formula is C23H19ClN2O2. The third kappa shape index (κ3) is 2.90. The SMILES string of the molecule is COc1ccc(C2Oc3ccccc3C3CC(c4ccc(Cl)cc4)=NN32)cc1. The first-order chi connectivity index (χ1) is 13.7. The zero-order valence-corrected chi connectivity index (χ0v) is 16.1. The van der Waals surface area contributed by atoms with Gasteiger partial charge in [-0.25, -0.2) is 5.01 Å². The molecule has 3 aromatic rings. The van der Waals surface area contributed by atoms with E-state index in [0.29, 0.717) is 0 Å². The Kier molecular flexibility index (Phi) is 4.21. The molecule has 0 spiro atoms. The molecule has 2 heterocycles. The summed E-state index contributed by atoms with van der Waals surface area (Å²) in [6.07, 6.45) is 0.546. The van der Waals surface area contributed by atoms with Crippen LogP contribution in [0.4, 0.5) is 0 Å². The molecule has 3 aromatic carbocycles. The van der Waals surface area contributed by atoms with Crippen LogP contribution in [0, 0.1) is 0 Å². The van der Waals surface area contributed by atoms with Crippen LogP contribution in [0.2, 0.25) is 5.02 Å². The van der Waals surface area contributed by atoms with Crippen molar-refractivity contribution in [3.8, 4) is 11.5 Å². The summed E-state index contributed by atoms with van der Waals surface area (Å²) < 4.78 is 11.7. The predicted octanol–water partition coefficient (Wildman–Crippen LogP) is 5.59. The monoisotopic (exact) mass is 390 g/mol. The van der Waals surface area contributed by atoms with Crippen LogP contribution < -0.4 is 9.47 Å². The van der Waals surface area contributed by atoms with E-state index in [9.17, 15) is 0 Å². The molecule has 2 unspecified atom stereocenters. The molecule has 0 saturated heterocycles. The summed E-state index contributed by atoms with van der Waals surface area (Å²) in [5.74, 6) is 1.74. The quantitative estimate of drug-likeness (QED) is 0.584. The zero-order chi connectivity index (χ0) is 19.1. The minimum Gasteiger partial charge on any atom is -0.497 e. The van der Waals surface area contributed by atoms with Crippen LogP contribution in [0.1, 0.15) is 35.4 Å². The minimum atomic E-state index is -0.282. The van der Waals surface area contributed by atoms with Crippen LogP contribution in [0.15, 0.2) is 77.9 Å². The average molecular weight is 391 g/mol. The van der Waals surface area contributed by atoms with E-state index in [0.717, 1.165) is 39.8 Å². The van der Waals surface area contributed by atoms with Crippen molar-refractivity contribution in [2.75, 3.05) is 7.11 Å². The second-order valence-corrected chi connectivity index (χ2v) is 7.37. The van der Waals surface area contributed by atoms with Crippen molar-refractivity contribution in [3.63, 3.8) is 0 Å². The normalized spacial score (nSPS) is 20.1. The van der Waals surface area contributed by atoms with Crippen molar-refractivity contribution in [1.82, 2.24) is 5.01 Å². The fourth-order valence-electron chi connectivity index (χ4n) is 3.84. The molecule has 2 aliphatic rings. The molecule has 5 rings (SSSR count). The molecule has 0 saturated carbocycles. The van der Waals surface area contributed by atoms with Crippen LogP contribution in [0.5, 0.6) is 11.5 Å². The molecule has 0 radical (unpaired) electrons. The summed E-state index contributed by atoms with van der Waals surface area (Å²) in [7, 11) is 1.67. The highest BCUT2D eigenvalue weighted by Crippen LogP contribution is 2.47. The predicted molar refractivity (Wildman–Crippen MR) is 110 cm³/mol. The fourth-order valence-corrected chi connectivity index (χ4v) is 3.97. The van der Waals surface area contributed by atoms with Gasteiger partial charge in [-0.15, -0.1) is 0 Å². The number of ether oxygens (including phenoxy) is 2. The summed E-state index contributed by atoms with van der Waals surface area (Å²) in [5.41, 5.74) is 4.34. The highest BCUT2D eigenvalue weighted by molar-refractivity contribution is 6.30. The first kappa shape index (κ1) is 17.1. The fraction of sp³-hybridized carbons (Fsp3) is 0.174. The van der Waals surface area contributed by atoms with Crippen LogP contribution in [-0.2, 0) is 0 Å². The van der Waals surface area contributed by atoms with E-state index < -0.39 is 0 Å². The van der Waals surface area contributed by atoms with E-state index in [2.05, 4.69) is 11.1 Å². The van der Waals surface area contributed by atoms with Gasteiger partial charge in [0.25, 0.3) is 0 Å². The van der Waals surface area contributed by atoms with E-state index in [-0.39, 0.29) is 12.3 Å². The Balaban J connectivity index is 1.56. The van der Waals surface area contributed by atoms with Gasteiger partial charge in [0, 0.05) is 22.6 Å². The number of nitrogens with zero attached hydrogens (tertiary/aromatic N) is 2. The Hall–Kier alpha value is -2.98. The Morgan fingerprint density at radius 3 is 2.50 bits per heavy atom. The maximum atomic E-state index is 6.37. The van der Waals surface area contributed by atoms with Gasteiger partial charge in [0.2, 0.25) is 6.23 Å². The number of benzene rings is 3. The van der Waals surface area contributed by atoms with Gasteiger partial charge >= 0.3 is 0 Å². The number of hydrazone groups is 1. The number of para-hydroxylation sites is 1. The molecule has 2 aliphatic heterocycles. The highest BCUT2D eigenvalue weighted by atomic mass is 35.5. The van der Waals surface area contributed by atoms with Gasteiger partial charge in [-0.3, -0.25) is 0 Å². The van der Waals surface area contributed by atoms with Gasteiger partial charge < -0.3 is 9.47 Å². The molecule has 0 bridgehead atoms. The first-order valence-corrected chi connectivity index (χ1v) is 9.62. The molecule has 0 fully saturated rings. The van der Waals surface area contributed by atoms with Gasteiger partial charge in [0.05, 0.1) is 18.9 Å². The number of hydrogen-bond acceptors (Lipinski definition) is 4. The smallest absolute Gasteiger partial charge is 0.213 e. The summed E-state index contributed by atoms with van der Waals surface area (Å²) in [4.78, 5) is 0. The lowest BCUT2D eigenvalue weighted by atomic mass is 9.96. The second-order valence-electron chi connectivity index (χ2n) is 6.93.